The van der Waals surface area contributed by atoms with E-state index in [1.807, 2.05) is 42.5 Å². The van der Waals surface area contributed by atoms with Gasteiger partial charge in [-0.15, -0.1) is 0 Å². The molecule has 2 aromatic rings. The van der Waals surface area contributed by atoms with E-state index in [1.54, 1.807) is 0 Å². The van der Waals surface area contributed by atoms with Crippen molar-refractivity contribution in [1.29, 1.82) is 0 Å². The molecule has 0 radical (unpaired) electrons. The maximum absolute atomic E-state index is 12.1. The van der Waals surface area contributed by atoms with E-state index in [1.165, 1.54) is 0 Å². The van der Waals surface area contributed by atoms with Crippen LogP contribution in [-0.2, 0) is 11.3 Å². The molecule has 0 aliphatic carbocycles. The summed E-state index contributed by atoms with van der Waals surface area (Å²) in [5, 5.41) is 3.67. The fraction of sp³-hybridized carbons (Fsp3) is 0.389. The van der Waals surface area contributed by atoms with Crippen LogP contribution in [0.15, 0.2) is 42.5 Å². The maximum Gasteiger partial charge on any atom is 0.234 e. The summed E-state index contributed by atoms with van der Waals surface area (Å²) < 4.78 is 7.68. The molecular weight excluding hydrogens is 326 g/mol. The van der Waals surface area contributed by atoms with Gasteiger partial charge < -0.3 is 14.6 Å². The number of nitrogens with zero attached hydrogens (tertiary/aromatic N) is 2. The van der Waals surface area contributed by atoms with Gasteiger partial charge in [0.25, 0.3) is 0 Å². The predicted octanol–water partition coefficient (Wildman–Crippen LogP) is 2.71. The van der Waals surface area contributed by atoms with Crippen LogP contribution in [0.4, 0.5) is 0 Å². The zero-order valence-electron chi connectivity index (χ0n) is 13.7. The van der Waals surface area contributed by atoms with Gasteiger partial charge in [0.1, 0.15) is 17.5 Å². The third-order valence-corrected chi connectivity index (χ3v) is 4.66. The summed E-state index contributed by atoms with van der Waals surface area (Å²) in [6.45, 7) is 5.08. The molecule has 0 bridgehead atoms. The van der Waals surface area contributed by atoms with E-state index in [9.17, 15) is 4.79 Å². The van der Waals surface area contributed by atoms with E-state index in [4.69, 9.17) is 16.3 Å². The Morgan fingerprint density at radius 2 is 2.04 bits per heavy atom. The normalized spacial score (nSPS) is 17.3. The molecule has 128 valence electrons. The molecule has 0 spiro atoms. The number of amides is 1. The molecule has 1 aromatic heterocycles. The van der Waals surface area contributed by atoms with Crippen LogP contribution in [0, 0.1) is 0 Å². The molecule has 0 saturated carbocycles. The van der Waals surface area contributed by atoms with E-state index in [0.29, 0.717) is 19.7 Å². The number of hydrogen-bond acceptors (Lipinski definition) is 3. The van der Waals surface area contributed by atoms with Crippen molar-refractivity contribution < 1.29 is 9.53 Å². The van der Waals surface area contributed by atoms with Gasteiger partial charge >= 0.3 is 0 Å². The van der Waals surface area contributed by atoms with E-state index in [-0.39, 0.29) is 11.9 Å². The molecule has 0 unspecified atom stereocenters. The fourth-order valence-electron chi connectivity index (χ4n) is 3.00. The first-order chi connectivity index (χ1) is 11.6. The van der Waals surface area contributed by atoms with Crippen molar-refractivity contribution in [3.8, 4) is 5.75 Å². The van der Waals surface area contributed by atoms with Crippen LogP contribution in [0.5, 0.6) is 5.75 Å². The quantitative estimate of drug-likeness (QED) is 0.817. The molecule has 1 aliphatic heterocycles. The summed E-state index contributed by atoms with van der Waals surface area (Å²) in [7, 11) is 0. The van der Waals surface area contributed by atoms with Gasteiger partial charge in [-0.05, 0) is 31.2 Å². The lowest BCUT2D eigenvalue weighted by atomic mass is 10.1. The molecule has 3 rings (SSSR count). The Bertz CT molecular complexity index is 687. The first kappa shape index (κ1) is 16.9. The van der Waals surface area contributed by atoms with Gasteiger partial charge in [0, 0.05) is 24.8 Å². The number of para-hydroxylation sites is 1. The Morgan fingerprint density at radius 1 is 1.25 bits per heavy atom. The number of ether oxygens (including phenoxy) is 1. The highest BCUT2D eigenvalue weighted by Gasteiger charge is 2.26. The number of benzene rings is 1. The summed E-state index contributed by atoms with van der Waals surface area (Å²) in [4.78, 5) is 14.3. The number of nitrogens with one attached hydrogen (secondary N) is 1. The number of fused-ring (bicyclic) bond motifs is 1. The molecule has 2 heterocycles. The molecule has 0 saturated heterocycles. The van der Waals surface area contributed by atoms with Crippen LogP contribution in [0.2, 0.25) is 5.15 Å². The van der Waals surface area contributed by atoms with Crippen molar-refractivity contribution in [2.75, 3.05) is 26.2 Å². The van der Waals surface area contributed by atoms with Gasteiger partial charge in [-0.2, -0.15) is 0 Å². The highest BCUT2D eigenvalue weighted by atomic mass is 35.5. The largest absolute Gasteiger partial charge is 0.492 e. The fourth-order valence-corrected chi connectivity index (χ4v) is 3.24. The van der Waals surface area contributed by atoms with Gasteiger partial charge in [-0.25, -0.2) is 0 Å². The highest BCUT2D eigenvalue weighted by molar-refractivity contribution is 6.29. The Morgan fingerprint density at radius 3 is 2.83 bits per heavy atom. The molecule has 1 aromatic carbocycles. The molecular formula is C18H22ClN3O2. The minimum atomic E-state index is 0.0182. The predicted molar refractivity (Wildman–Crippen MR) is 94.4 cm³/mol. The number of carbonyl (C=O) groups is 1. The van der Waals surface area contributed by atoms with Crippen LogP contribution in [-0.4, -0.2) is 41.6 Å². The van der Waals surface area contributed by atoms with Gasteiger partial charge in [0.05, 0.1) is 13.1 Å². The minimum Gasteiger partial charge on any atom is -0.492 e. The summed E-state index contributed by atoms with van der Waals surface area (Å²) in [6.07, 6.45) is 0. The van der Waals surface area contributed by atoms with E-state index in [0.717, 1.165) is 29.7 Å². The third kappa shape index (κ3) is 3.91. The summed E-state index contributed by atoms with van der Waals surface area (Å²) in [5.41, 5.74) is 1.16. The second kappa shape index (κ2) is 7.73. The van der Waals surface area contributed by atoms with E-state index in [2.05, 4.69) is 21.7 Å². The van der Waals surface area contributed by atoms with E-state index < -0.39 is 0 Å². The van der Waals surface area contributed by atoms with Crippen LogP contribution in [0.25, 0.3) is 0 Å². The first-order valence-electron chi connectivity index (χ1n) is 8.18. The van der Waals surface area contributed by atoms with Crippen LogP contribution in [0.3, 0.4) is 0 Å². The molecule has 5 nitrogen and oxygen atoms in total. The van der Waals surface area contributed by atoms with E-state index >= 15 is 0 Å². The van der Waals surface area contributed by atoms with Crippen molar-refractivity contribution in [2.24, 2.45) is 0 Å². The number of carbonyl (C=O) groups excluding carboxylic acids is 1. The van der Waals surface area contributed by atoms with Crippen molar-refractivity contribution in [3.05, 3.63) is 53.3 Å². The second-order valence-corrected chi connectivity index (χ2v) is 6.28. The monoisotopic (exact) mass is 347 g/mol. The Balaban J connectivity index is 1.42. The minimum absolute atomic E-state index is 0.0182. The lowest BCUT2D eigenvalue weighted by Gasteiger charge is -2.34. The maximum atomic E-state index is 12.1. The van der Waals surface area contributed by atoms with Crippen molar-refractivity contribution in [2.45, 2.75) is 19.5 Å². The summed E-state index contributed by atoms with van der Waals surface area (Å²) in [6, 6.07) is 13.7. The molecule has 6 heteroatoms. The van der Waals surface area contributed by atoms with Crippen molar-refractivity contribution in [3.63, 3.8) is 0 Å². The lowest BCUT2D eigenvalue weighted by Crippen LogP contribution is -2.43. The van der Waals surface area contributed by atoms with Gasteiger partial charge in [-0.3, -0.25) is 9.69 Å². The van der Waals surface area contributed by atoms with Gasteiger partial charge in [0.2, 0.25) is 5.91 Å². The average Bonchev–Trinajstić information content (AvgIpc) is 2.97. The van der Waals surface area contributed by atoms with Crippen LogP contribution >= 0.6 is 11.6 Å². The summed E-state index contributed by atoms with van der Waals surface area (Å²) >= 11 is 6.16. The van der Waals surface area contributed by atoms with Crippen molar-refractivity contribution in [1.82, 2.24) is 14.8 Å². The Labute approximate surface area is 147 Å². The zero-order valence-corrected chi connectivity index (χ0v) is 14.5. The van der Waals surface area contributed by atoms with Gasteiger partial charge in [0.15, 0.2) is 0 Å². The first-order valence-corrected chi connectivity index (χ1v) is 8.56. The Hall–Kier alpha value is -1.98. The zero-order chi connectivity index (χ0) is 16.9. The molecule has 1 amide bonds. The molecule has 1 atom stereocenters. The molecule has 0 fully saturated rings. The Kier molecular flexibility index (Phi) is 5.43. The SMILES string of the molecule is C[C@@H]1c2ccc(Cl)n2CCN1CC(=O)NCCOc1ccccc1. The van der Waals surface area contributed by atoms with Crippen LogP contribution in [0.1, 0.15) is 18.7 Å². The smallest absolute Gasteiger partial charge is 0.234 e. The molecule has 24 heavy (non-hydrogen) atoms. The number of halogens is 1. The number of rotatable bonds is 6. The average molecular weight is 348 g/mol. The summed E-state index contributed by atoms with van der Waals surface area (Å²) in [5.74, 6) is 0.832. The van der Waals surface area contributed by atoms with Gasteiger partial charge in [-0.1, -0.05) is 29.8 Å². The molecule has 1 aliphatic rings. The number of hydrogen-bond donors (Lipinski definition) is 1. The molecule has 1 N–H and O–H groups in total. The van der Waals surface area contributed by atoms with Crippen molar-refractivity contribution >= 4 is 17.5 Å². The second-order valence-electron chi connectivity index (χ2n) is 5.89. The standard InChI is InChI=1S/C18H22ClN3O2/c1-14-16-7-8-17(19)22(16)11-10-21(14)13-18(23)20-9-12-24-15-5-3-2-4-6-15/h2-8,14H,9-13H2,1H3,(H,20,23)/t14-/m1/s1. The van der Waals surface area contributed by atoms with Crippen LogP contribution < -0.4 is 10.1 Å². The lowest BCUT2D eigenvalue weighted by molar-refractivity contribution is -0.123. The highest BCUT2D eigenvalue weighted by Crippen LogP contribution is 2.28. The topological polar surface area (TPSA) is 46.5 Å². The third-order valence-electron chi connectivity index (χ3n) is 4.33. The number of aromatic nitrogens is 1.